The van der Waals surface area contributed by atoms with Crippen molar-refractivity contribution in [3.63, 3.8) is 0 Å². The first kappa shape index (κ1) is 53.6. The summed E-state index contributed by atoms with van der Waals surface area (Å²) in [6, 6.07) is 31.8. The Morgan fingerprint density at radius 1 is 0.730 bits per heavy atom. The number of amides is 3. The summed E-state index contributed by atoms with van der Waals surface area (Å²) in [5.74, 6) is 2.04. The summed E-state index contributed by atoms with van der Waals surface area (Å²) in [6.45, 7) is 12.8. The molecule has 1 aliphatic heterocycles. The largest absolute Gasteiger partial charge is 0.508 e. The van der Waals surface area contributed by atoms with E-state index in [1.165, 1.54) is 16.9 Å². The van der Waals surface area contributed by atoms with Gasteiger partial charge in [0, 0.05) is 29.0 Å². The second kappa shape index (κ2) is 25.1. The van der Waals surface area contributed by atoms with E-state index in [1.54, 1.807) is 29.2 Å². The van der Waals surface area contributed by atoms with Gasteiger partial charge >= 0.3 is 0 Å². The third-order valence-corrected chi connectivity index (χ3v) is 14.8. The van der Waals surface area contributed by atoms with E-state index in [0.717, 1.165) is 56.5 Å². The average Bonchev–Trinajstić information content (AvgIpc) is 3.75. The fraction of sp³-hybridized carbons (Fsp3) is 0.407. The van der Waals surface area contributed by atoms with Crippen molar-refractivity contribution in [1.29, 1.82) is 0 Å². The Morgan fingerprint density at radius 3 is 2.05 bits per heavy atom. The zero-order valence-corrected chi connectivity index (χ0v) is 43.8. The molecule has 15 heteroatoms. The summed E-state index contributed by atoms with van der Waals surface area (Å²) in [4.78, 5) is 44.8. The Hall–Kier alpha value is -6.65. The standard InChI is InChI=1S/C59H69N3O11S/c1-6-38(2)56(65)61-55(59(3,4)5)58(67)62-37-42-34-47(20-16-41(42)35-51(62)57(66)60-50-13-9-11-39-10-7-8-12-48(39)50)72-33-31-70-29-27-68-26-28-69-30-32-71-45-21-23-46(24-22-45)73-53-49-25-19-44(64)36-52(49)74-54(53)40-14-17-43(63)18-15-40/h7-8,10,12,14-25,34,36,38,50-51,55,63-64H,6,9,11,13,26-33,35,37H2,1-5H3,(H,60,66)(H,61,65)/t38-,50-,51+,55-/m1/s1. The predicted octanol–water partition coefficient (Wildman–Crippen LogP) is 10.3. The van der Waals surface area contributed by atoms with E-state index < -0.39 is 17.5 Å². The molecule has 0 radical (unpaired) electrons. The van der Waals surface area contributed by atoms with Gasteiger partial charge in [0.05, 0.1) is 50.6 Å². The van der Waals surface area contributed by atoms with Crippen LogP contribution in [0.1, 0.15) is 82.2 Å². The Morgan fingerprint density at radius 2 is 1.36 bits per heavy atom. The molecule has 0 saturated carbocycles. The van der Waals surface area contributed by atoms with Crippen molar-refractivity contribution in [1.82, 2.24) is 15.5 Å². The molecular formula is C59H69N3O11S. The number of phenols is 2. The van der Waals surface area contributed by atoms with E-state index in [1.807, 2.05) is 107 Å². The number of carbonyl (C=O) groups is 3. The average molecular weight is 1030 g/mol. The molecule has 392 valence electrons. The Labute approximate surface area is 437 Å². The van der Waals surface area contributed by atoms with E-state index >= 15 is 0 Å². The molecule has 3 amide bonds. The van der Waals surface area contributed by atoms with Crippen LogP contribution in [0.25, 0.3) is 20.5 Å². The summed E-state index contributed by atoms with van der Waals surface area (Å²) < 4.78 is 36.4. The lowest BCUT2D eigenvalue weighted by Crippen LogP contribution is -2.61. The Balaban J connectivity index is 0.751. The highest BCUT2D eigenvalue weighted by molar-refractivity contribution is 7.22. The molecule has 14 nitrogen and oxygen atoms in total. The first-order chi connectivity index (χ1) is 35.7. The van der Waals surface area contributed by atoms with Crippen LogP contribution in [0.4, 0.5) is 0 Å². The number of ether oxygens (including phenoxy) is 6. The molecular weight excluding hydrogens is 959 g/mol. The zero-order chi connectivity index (χ0) is 52.2. The maximum atomic E-state index is 14.7. The van der Waals surface area contributed by atoms with Gasteiger partial charge in [0.2, 0.25) is 17.7 Å². The summed E-state index contributed by atoms with van der Waals surface area (Å²) in [5, 5.41) is 27.1. The minimum Gasteiger partial charge on any atom is -0.508 e. The van der Waals surface area contributed by atoms with Gasteiger partial charge in [-0.05, 0) is 138 Å². The second-order valence-corrected chi connectivity index (χ2v) is 21.0. The topological polar surface area (TPSA) is 174 Å². The minimum atomic E-state index is -0.837. The molecule has 0 fully saturated rings. The molecule has 74 heavy (non-hydrogen) atoms. The summed E-state index contributed by atoms with van der Waals surface area (Å²) in [7, 11) is 0. The lowest BCUT2D eigenvalue weighted by atomic mass is 9.83. The fourth-order valence-corrected chi connectivity index (χ4v) is 10.4. The van der Waals surface area contributed by atoms with E-state index in [4.69, 9.17) is 28.4 Å². The number of nitrogens with one attached hydrogen (secondary N) is 2. The predicted molar refractivity (Wildman–Crippen MR) is 286 cm³/mol. The van der Waals surface area contributed by atoms with Crippen LogP contribution in [0.2, 0.25) is 0 Å². The van der Waals surface area contributed by atoms with Gasteiger partial charge in [0.1, 0.15) is 54.0 Å². The van der Waals surface area contributed by atoms with Crippen LogP contribution in [0, 0.1) is 11.3 Å². The molecule has 1 aliphatic carbocycles. The van der Waals surface area contributed by atoms with Crippen LogP contribution in [-0.4, -0.2) is 97.8 Å². The maximum Gasteiger partial charge on any atom is 0.246 e. The number of benzene rings is 5. The third-order valence-electron chi connectivity index (χ3n) is 13.6. The molecule has 8 rings (SSSR count). The van der Waals surface area contributed by atoms with Gasteiger partial charge in [-0.3, -0.25) is 14.4 Å². The molecule has 1 aromatic heterocycles. The molecule has 0 saturated heterocycles. The first-order valence-corrected chi connectivity index (χ1v) is 26.5. The minimum absolute atomic E-state index is 0.140. The van der Waals surface area contributed by atoms with Gasteiger partial charge in [-0.2, -0.15) is 0 Å². The van der Waals surface area contributed by atoms with Crippen molar-refractivity contribution in [2.45, 2.75) is 91.4 Å². The number of hydrogen-bond acceptors (Lipinski definition) is 12. The monoisotopic (exact) mass is 1030 g/mol. The zero-order valence-electron chi connectivity index (χ0n) is 43.0. The van der Waals surface area contributed by atoms with Crippen molar-refractivity contribution in [2.75, 3.05) is 52.9 Å². The van der Waals surface area contributed by atoms with Gasteiger partial charge in [0.15, 0.2) is 5.75 Å². The fourth-order valence-electron chi connectivity index (χ4n) is 9.24. The highest BCUT2D eigenvalue weighted by atomic mass is 32.1. The lowest BCUT2D eigenvalue weighted by molar-refractivity contribution is -0.147. The van der Waals surface area contributed by atoms with Crippen LogP contribution in [0.3, 0.4) is 0 Å². The van der Waals surface area contributed by atoms with Gasteiger partial charge in [0.25, 0.3) is 0 Å². The van der Waals surface area contributed by atoms with Crippen molar-refractivity contribution in [2.24, 2.45) is 11.3 Å². The molecule has 2 aliphatic rings. The molecule has 0 spiro atoms. The SMILES string of the molecule is CC[C@@H](C)C(=O)N[C@H](C(=O)N1Cc2cc(OCCOCCOCCOCCOc3ccc(Oc4c(-c5ccc(O)cc5)sc5cc(O)ccc45)cc3)ccc2C[C@H]1C(=O)N[C@@H]1CCCc2ccccc21)C(C)(C)C. The number of phenolic OH excluding ortho intramolecular Hbond substituents is 2. The third kappa shape index (κ3) is 13.7. The molecule has 0 unspecified atom stereocenters. The Kier molecular flexibility index (Phi) is 18.2. The van der Waals surface area contributed by atoms with Crippen LogP contribution in [0.5, 0.6) is 34.5 Å². The maximum absolute atomic E-state index is 14.7. The number of aryl methyl sites for hydroxylation is 1. The van der Waals surface area contributed by atoms with Crippen molar-refractivity contribution in [3.05, 3.63) is 131 Å². The van der Waals surface area contributed by atoms with Crippen LogP contribution < -0.4 is 24.8 Å². The number of rotatable bonds is 23. The highest BCUT2D eigenvalue weighted by Crippen LogP contribution is 2.47. The van der Waals surface area contributed by atoms with Crippen LogP contribution in [0.15, 0.2) is 109 Å². The molecule has 0 bridgehead atoms. The number of thiophene rings is 1. The Bertz CT molecular complexity index is 2840. The lowest BCUT2D eigenvalue weighted by Gasteiger charge is -2.42. The number of fused-ring (bicyclic) bond motifs is 3. The quantitative estimate of drug-likeness (QED) is 0.0450. The number of aromatic hydroxyl groups is 2. The summed E-state index contributed by atoms with van der Waals surface area (Å²) >= 11 is 1.51. The van der Waals surface area contributed by atoms with Crippen LogP contribution in [-0.2, 0) is 48.0 Å². The van der Waals surface area contributed by atoms with Crippen molar-refractivity contribution in [3.8, 4) is 44.9 Å². The van der Waals surface area contributed by atoms with E-state index in [-0.39, 0.29) is 47.7 Å². The number of carbonyl (C=O) groups excluding carboxylic acids is 3. The number of hydrogen-bond donors (Lipinski definition) is 4. The normalized spacial score (nSPS) is 16.1. The van der Waals surface area contributed by atoms with Gasteiger partial charge < -0.3 is 54.2 Å². The number of nitrogens with zero attached hydrogens (tertiary/aromatic N) is 1. The summed E-state index contributed by atoms with van der Waals surface area (Å²) in [5.41, 5.74) is 4.51. The second-order valence-electron chi connectivity index (χ2n) is 20.0. The molecule has 5 aromatic carbocycles. The van der Waals surface area contributed by atoms with E-state index in [9.17, 15) is 24.6 Å². The molecule has 4 atom stereocenters. The van der Waals surface area contributed by atoms with E-state index in [2.05, 4.69) is 22.8 Å². The van der Waals surface area contributed by atoms with Crippen molar-refractivity contribution >= 4 is 39.1 Å². The first-order valence-electron chi connectivity index (χ1n) is 25.7. The van der Waals surface area contributed by atoms with Crippen molar-refractivity contribution < 1.29 is 53.0 Å². The van der Waals surface area contributed by atoms with Gasteiger partial charge in [-0.25, -0.2) is 0 Å². The summed E-state index contributed by atoms with van der Waals surface area (Å²) in [6.07, 6.45) is 3.75. The van der Waals surface area contributed by atoms with Gasteiger partial charge in [-0.1, -0.05) is 65.0 Å². The molecule has 2 heterocycles. The smallest absolute Gasteiger partial charge is 0.246 e. The highest BCUT2D eigenvalue weighted by Gasteiger charge is 2.43. The molecule has 4 N–H and O–H groups in total. The van der Waals surface area contributed by atoms with Gasteiger partial charge in [-0.15, -0.1) is 11.3 Å². The van der Waals surface area contributed by atoms with E-state index in [0.29, 0.717) is 88.7 Å². The molecule has 6 aromatic rings. The van der Waals surface area contributed by atoms with Crippen LogP contribution >= 0.6 is 11.3 Å².